The van der Waals surface area contributed by atoms with Gasteiger partial charge in [0.2, 0.25) is 6.79 Å². The molecule has 5 nitrogen and oxygen atoms in total. The fourth-order valence-corrected chi connectivity index (χ4v) is 2.53. The lowest BCUT2D eigenvalue weighted by Crippen LogP contribution is -2.38. The van der Waals surface area contributed by atoms with E-state index >= 15 is 0 Å². The second kappa shape index (κ2) is 8.37. The van der Waals surface area contributed by atoms with Crippen molar-refractivity contribution in [1.82, 2.24) is 10.6 Å². The van der Waals surface area contributed by atoms with Crippen LogP contribution in [0.4, 0.5) is 4.39 Å². The van der Waals surface area contributed by atoms with Crippen LogP contribution in [0.2, 0.25) is 0 Å². The first-order valence-corrected chi connectivity index (χ1v) is 8.40. The van der Waals surface area contributed by atoms with Crippen molar-refractivity contribution in [2.45, 2.75) is 19.9 Å². The van der Waals surface area contributed by atoms with Crippen LogP contribution >= 0.6 is 0 Å². The minimum absolute atomic E-state index is 0.213. The van der Waals surface area contributed by atoms with E-state index in [1.54, 1.807) is 12.1 Å². The van der Waals surface area contributed by atoms with Gasteiger partial charge in [-0.2, -0.15) is 0 Å². The monoisotopic (exact) mass is 343 g/mol. The first-order chi connectivity index (χ1) is 12.2. The largest absolute Gasteiger partial charge is 0.454 e. The predicted molar refractivity (Wildman–Crippen MR) is 95.5 cm³/mol. The minimum atomic E-state index is -0.213. The Balaban J connectivity index is 1.54. The van der Waals surface area contributed by atoms with Crippen molar-refractivity contribution < 1.29 is 13.9 Å². The first-order valence-electron chi connectivity index (χ1n) is 8.40. The van der Waals surface area contributed by atoms with E-state index in [2.05, 4.69) is 15.6 Å². The highest BCUT2D eigenvalue weighted by Gasteiger charge is 2.12. The van der Waals surface area contributed by atoms with E-state index < -0.39 is 0 Å². The number of ether oxygens (including phenoxy) is 2. The Hall–Kier alpha value is -2.76. The summed E-state index contributed by atoms with van der Waals surface area (Å²) in [6.45, 7) is 4.35. The van der Waals surface area contributed by atoms with Crippen LogP contribution in [0.5, 0.6) is 11.5 Å². The number of guanidine groups is 1. The van der Waals surface area contributed by atoms with Gasteiger partial charge in [0.05, 0.1) is 6.54 Å². The van der Waals surface area contributed by atoms with E-state index in [1.165, 1.54) is 12.1 Å². The molecule has 1 aliphatic heterocycles. The molecule has 0 amide bonds. The number of hydrogen-bond donors (Lipinski definition) is 2. The van der Waals surface area contributed by atoms with Gasteiger partial charge in [-0.1, -0.05) is 18.2 Å². The molecule has 0 aromatic heterocycles. The van der Waals surface area contributed by atoms with Gasteiger partial charge in [-0.25, -0.2) is 9.38 Å². The van der Waals surface area contributed by atoms with Crippen molar-refractivity contribution in [3.63, 3.8) is 0 Å². The van der Waals surface area contributed by atoms with Gasteiger partial charge in [0, 0.05) is 13.1 Å². The summed E-state index contributed by atoms with van der Waals surface area (Å²) >= 11 is 0. The molecule has 0 spiro atoms. The summed E-state index contributed by atoms with van der Waals surface area (Å²) in [6.07, 6.45) is 0.800. The van der Waals surface area contributed by atoms with E-state index in [-0.39, 0.29) is 12.6 Å². The predicted octanol–water partition coefficient (Wildman–Crippen LogP) is 2.85. The Morgan fingerprint density at radius 3 is 2.60 bits per heavy atom. The molecule has 3 rings (SSSR count). The summed E-state index contributed by atoms with van der Waals surface area (Å²) in [7, 11) is 0. The second-order valence-corrected chi connectivity index (χ2v) is 5.69. The van der Waals surface area contributed by atoms with Crippen LogP contribution in [0, 0.1) is 5.82 Å². The fraction of sp³-hybridized carbons (Fsp3) is 0.316. The third kappa shape index (κ3) is 4.86. The average molecular weight is 343 g/mol. The SMILES string of the molecule is CCNC(=NCc1ccc2c(c1)OCO2)NCCc1ccc(F)cc1. The Morgan fingerprint density at radius 1 is 1.04 bits per heavy atom. The normalized spacial score (nSPS) is 13.0. The van der Waals surface area contributed by atoms with Gasteiger partial charge < -0.3 is 20.1 Å². The van der Waals surface area contributed by atoms with Crippen molar-refractivity contribution in [2.24, 2.45) is 4.99 Å². The third-order valence-corrected chi connectivity index (χ3v) is 3.82. The zero-order chi connectivity index (χ0) is 17.5. The van der Waals surface area contributed by atoms with Crippen LogP contribution in [-0.2, 0) is 13.0 Å². The van der Waals surface area contributed by atoms with Crippen LogP contribution in [0.3, 0.4) is 0 Å². The molecule has 2 aromatic rings. The third-order valence-electron chi connectivity index (χ3n) is 3.82. The Bertz CT molecular complexity index is 732. The van der Waals surface area contributed by atoms with Gasteiger partial charge >= 0.3 is 0 Å². The minimum Gasteiger partial charge on any atom is -0.454 e. The molecule has 0 atom stereocenters. The molecular weight excluding hydrogens is 321 g/mol. The molecule has 6 heteroatoms. The maximum Gasteiger partial charge on any atom is 0.231 e. The van der Waals surface area contributed by atoms with Gasteiger partial charge in [-0.15, -0.1) is 0 Å². The van der Waals surface area contributed by atoms with Crippen molar-refractivity contribution in [3.8, 4) is 11.5 Å². The molecule has 0 aliphatic carbocycles. The van der Waals surface area contributed by atoms with E-state index in [4.69, 9.17) is 9.47 Å². The molecular formula is C19H22FN3O2. The number of benzene rings is 2. The second-order valence-electron chi connectivity index (χ2n) is 5.69. The molecule has 2 aromatic carbocycles. The molecule has 0 saturated carbocycles. The Morgan fingerprint density at radius 2 is 1.80 bits per heavy atom. The quantitative estimate of drug-likeness (QED) is 0.626. The van der Waals surface area contributed by atoms with Crippen molar-refractivity contribution in [1.29, 1.82) is 0 Å². The van der Waals surface area contributed by atoms with Crippen molar-refractivity contribution >= 4 is 5.96 Å². The van der Waals surface area contributed by atoms with Crippen molar-refractivity contribution in [2.75, 3.05) is 19.9 Å². The maximum atomic E-state index is 12.9. The molecule has 1 heterocycles. The van der Waals surface area contributed by atoms with Gasteiger partial charge in [-0.3, -0.25) is 0 Å². The number of halogens is 1. The molecule has 0 saturated heterocycles. The molecule has 2 N–H and O–H groups in total. The molecule has 0 fully saturated rings. The molecule has 0 bridgehead atoms. The lowest BCUT2D eigenvalue weighted by Gasteiger charge is -2.11. The van der Waals surface area contributed by atoms with Crippen LogP contribution in [0.1, 0.15) is 18.1 Å². The van der Waals surface area contributed by atoms with Gasteiger partial charge in [0.25, 0.3) is 0 Å². The summed E-state index contributed by atoms with van der Waals surface area (Å²) in [5, 5.41) is 6.52. The summed E-state index contributed by atoms with van der Waals surface area (Å²) in [4.78, 5) is 4.59. The number of nitrogens with one attached hydrogen (secondary N) is 2. The molecule has 1 aliphatic rings. The molecule has 0 radical (unpaired) electrons. The number of fused-ring (bicyclic) bond motifs is 1. The topological polar surface area (TPSA) is 54.9 Å². The molecule has 0 unspecified atom stereocenters. The Kier molecular flexibility index (Phi) is 5.72. The lowest BCUT2D eigenvalue weighted by atomic mass is 10.1. The van der Waals surface area contributed by atoms with Crippen LogP contribution in [-0.4, -0.2) is 25.8 Å². The van der Waals surface area contributed by atoms with Gasteiger partial charge in [-0.05, 0) is 48.7 Å². The van der Waals surface area contributed by atoms with E-state index in [0.29, 0.717) is 6.54 Å². The summed E-state index contributed by atoms with van der Waals surface area (Å²) in [5.41, 5.74) is 2.14. The standard InChI is InChI=1S/C19H22FN3O2/c1-2-21-19(22-10-9-14-3-6-16(20)7-4-14)23-12-15-5-8-17-18(11-15)25-13-24-17/h3-8,11H,2,9-10,12-13H2,1H3,(H2,21,22,23). The molecule has 25 heavy (non-hydrogen) atoms. The van der Waals surface area contributed by atoms with Crippen LogP contribution < -0.4 is 20.1 Å². The maximum absolute atomic E-state index is 12.9. The zero-order valence-electron chi connectivity index (χ0n) is 14.2. The van der Waals surface area contributed by atoms with E-state index in [9.17, 15) is 4.39 Å². The van der Waals surface area contributed by atoms with E-state index in [1.807, 2.05) is 25.1 Å². The number of rotatable bonds is 6. The van der Waals surface area contributed by atoms with Crippen molar-refractivity contribution in [3.05, 3.63) is 59.4 Å². The summed E-state index contributed by atoms with van der Waals surface area (Å²) < 4.78 is 23.6. The van der Waals surface area contributed by atoms with Crippen LogP contribution in [0.15, 0.2) is 47.5 Å². The summed E-state index contributed by atoms with van der Waals surface area (Å²) in [6, 6.07) is 12.4. The number of nitrogens with zero attached hydrogens (tertiary/aromatic N) is 1. The summed E-state index contributed by atoms with van der Waals surface area (Å²) in [5.74, 6) is 2.08. The number of aliphatic imine (C=N–C) groups is 1. The fourth-order valence-electron chi connectivity index (χ4n) is 2.53. The highest BCUT2D eigenvalue weighted by atomic mass is 19.1. The lowest BCUT2D eigenvalue weighted by molar-refractivity contribution is 0.174. The Labute approximate surface area is 146 Å². The highest BCUT2D eigenvalue weighted by Crippen LogP contribution is 2.32. The highest BCUT2D eigenvalue weighted by molar-refractivity contribution is 5.79. The average Bonchev–Trinajstić information content (AvgIpc) is 3.09. The zero-order valence-corrected chi connectivity index (χ0v) is 14.2. The number of hydrogen-bond acceptors (Lipinski definition) is 3. The van der Waals surface area contributed by atoms with Crippen LogP contribution in [0.25, 0.3) is 0 Å². The van der Waals surface area contributed by atoms with Gasteiger partial charge in [0.15, 0.2) is 17.5 Å². The van der Waals surface area contributed by atoms with Gasteiger partial charge in [0.1, 0.15) is 5.82 Å². The molecule has 132 valence electrons. The smallest absolute Gasteiger partial charge is 0.231 e. The van der Waals surface area contributed by atoms with E-state index in [0.717, 1.165) is 48.1 Å². The first kappa shape index (κ1) is 17.1.